The van der Waals surface area contributed by atoms with Gasteiger partial charge in [-0.2, -0.15) is 0 Å². The first-order valence-electron chi connectivity index (χ1n) is 7.09. The number of ether oxygens (including phenoxy) is 1. The molecule has 2 aliphatic carbocycles. The molecule has 0 saturated heterocycles. The first-order valence-corrected chi connectivity index (χ1v) is 7.09. The number of methoxy groups -OCH3 is 1. The van der Waals surface area contributed by atoms with Gasteiger partial charge in [0.15, 0.2) is 0 Å². The molecule has 1 saturated carbocycles. The van der Waals surface area contributed by atoms with Crippen molar-refractivity contribution >= 4 is 5.97 Å². The molecule has 1 aromatic rings. The summed E-state index contributed by atoms with van der Waals surface area (Å²) in [4.78, 5) is 12.4. The molecule has 1 unspecified atom stereocenters. The van der Waals surface area contributed by atoms with Gasteiger partial charge in [0.2, 0.25) is 0 Å². The van der Waals surface area contributed by atoms with Crippen LogP contribution < -0.4 is 5.32 Å². The Balaban J connectivity index is 1.96. The molecule has 3 rings (SSSR count). The Bertz CT molecular complexity index is 507. The van der Waals surface area contributed by atoms with Crippen molar-refractivity contribution in [2.75, 3.05) is 13.7 Å². The number of aryl methyl sites for hydroxylation is 2. The smallest absolute Gasteiger partial charge is 0.330 e. The summed E-state index contributed by atoms with van der Waals surface area (Å²) in [6.07, 6.45) is 4.32. The van der Waals surface area contributed by atoms with E-state index in [2.05, 4.69) is 30.4 Å². The number of esters is 1. The molecule has 0 radical (unpaired) electrons. The van der Waals surface area contributed by atoms with Crippen LogP contribution in [-0.4, -0.2) is 19.6 Å². The lowest BCUT2D eigenvalue weighted by Crippen LogP contribution is -2.49. The van der Waals surface area contributed by atoms with E-state index in [1.54, 1.807) is 0 Å². The topological polar surface area (TPSA) is 38.3 Å². The maximum absolute atomic E-state index is 12.4. The number of fused-ring (bicyclic) bond motifs is 1. The Kier molecular flexibility index (Phi) is 3.09. The second-order valence-electron chi connectivity index (χ2n) is 5.88. The van der Waals surface area contributed by atoms with Crippen molar-refractivity contribution in [1.29, 1.82) is 0 Å². The summed E-state index contributed by atoms with van der Waals surface area (Å²) < 4.78 is 5.09. The van der Waals surface area contributed by atoms with Gasteiger partial charge >= 0.3 is 5.97 Å². The van der Waals surface area contributed by atoms with Crippen LogP contribution in [0.4, 0.5) is 0 Å². The van der Waals surface area contributed by atoms with Crippen molar-refractivity contribution in [2.45, 2.75) is 38.1 Å². The number of hydrogen-bond acceptors (Lipinski definition) is 3. The van der Waals surface area contributed by atoms with Crippen LogP contribution in [0.5, 0.6) is 0 Å². The minimum Gasteiger partial charge on any atom is -0.467 e. The zero-order valence-corrected chi connectivity index (χ0v) is 11.7. The third-order valence-electron chi connectivity index (χ3n) is 4.42. The van der Waals surface area contributed by atoms with Crippen molar-refractivity contribution in [3.05, 3.63) is 34.9 Å². The SMILES string of the molecule is COC(=O)C1(NCC2CC2)CCc2ccc(C)cc21. The van der Waals surface area contributed by atoms with Gasteiger partial charge in [-0.25, -0.2) is 4.79 Å². The monoisotopic (exact) mass is 259 g/mol. The van der Waals surface area contributed by atoms with Crippen LogP contribution in [0.15, 0.2) is 18.2 Å². The molecule has 2 aliphatic rings. The van der Waals surface area contributed by atoms with Gasteiger partial charge in [0.25, 0.3) is 0 Å². The van der Waals surface area contributed by atoms with Gasteiger partial charge in [0.1, 0.15) is 5.54 Å². The fourth-order valence-corrected chi connectivity index (χ4v) is 3.05. The van der Waals surface area contributed by atoms with Crippen molar-refractivity contribution in [2.24, 2.45) is 5.92 Å². The maximum atomic E-state index is 12.4. The predicted molar refractivity (Wildman–Crippen MR) is 73.9 cm³/mol. The van der Waals surface area contributed by atoms with Gasteiger partial charge in [0, 0.05) is 0 Å². The summed E-state index contributed by atoms with van der Waals surface area (Å²) in [6, 6.07) is 6.40. The average molecular weight is 259 g/mol. The summed E-state index contributed by atoms with van der Waals surface area (Å²) in [6.45, 7) is 2.99. The predicted octanol–water partition coefficient (Wildman–Crippen LogP) is 2.31. The summed E-state index contributed by atoms with van der Waals surface area (Å²) in [5, 5.41) is 3.52. The summed E-state index contributed by atoms with van der Waals surface area (Å²) in [7, 11) is 1.48. The molecular formula is C16H21NO2. The Hall–Kier alpha value is -1.35. The second-order valence-corrected chi connectivity index (χ2v) is 5.88. The van der Waals surface area contributed by atoms with E-state index < -0.39 is 5.54 Å². The van der Waals surface area contributed by atoms with E-state index in [9.17, 15) is 4.79 Å². The van der Waals surface area contributed by atoms with Gasteiger partial charge in [-0.05, 0) is 56.2 Å². The highest BCUT2D eigenvalue weighted by molar-refractivity contribution is 5.84. The maximum Gasteiger partial charge on any atom is 0.330 e. The van der Waals surface area contributed by atoms with Gasteiger partial charge < -0.3 is 4.74 Å². The molecule has 3 nitrogen and oxygen atoms in total. The van der Waals surface area contributed by atoms with E-state index in [-0.39, 0.29) is 5.97 Å². The fourth-order valence-electron chi connectivity index (χ4n) is 3.05. The van der Waals surface area contributed by atoms with Crippen LogP contribution in [0.3, 0.4) is 0 Å². The van der Waals surface area contributed by atoms with E-state index >= 15 is 0 Å². The van der Waals surface area contributed by atoms with E-state index in [1.807, 2.05) is 0 Å². The molecule has 0 heterocycles. The molecule has 1 aromatic carbocycles. The summed E-state index contributed by atoms with van der Waals surface area (Å²) >= 11 is 0. The van der Waals surface area contributed by atoms with Crippen LogP contribution >= 0.6 is 0 Å². The Morgan fingerprint density at radius 3 is 2.95 bits per heavy atom. The number of nitrogens with one attached hydrogen (secondary N) is 1. The molecule has 1 N–H and O–H groups in total. The van der Waals surface area contributed by atoms with Crippen molar-refractivity contribution in [3.63, 3.8) is 0 Å². The molecule has 1 atom stereocenters. The highest BCUT2D eigenvalue weighted by Crippen LogP contribution is 2.39. The Morgan fingerprint density at radius 2 is 2.26 bits per heavy atom. The van der Waals surface area contributed by atoms with E-state index in [0.717, 1.165) is 30.9 Å². The summed E-state index contributed by atoms with van der Waals surface area (Å²) in [5.74, 6) is 0.605. The molecule has 1 fully saturated rings. The van der Waals surface area contributed by atoms with Crippen LogP contribution in [0.2, 0.25) is 0 Å². The highest BCUT2D eigenvalue weighted by Gasteiger charge is 2.46. The first-order chi connectivity index (χ1) is 9.15. The molecular weight excluding hydrogens is 238 g/mol. The molecule has 0 aromatic heterocycles. The van der Waals surface area contributed by atoms with Gasteiger partial charge in [0.05, 0.1) is 7.11 Å². The molecule has 19 heavy (non-hydrogen) atoms. The van der Waals surface area contributed by atoms with Crippen molar-refractivity contribution in [1.82, 2.24) is 5.32 Å². The standard InChI is InChI=1S/C16H21NO2/c1-11-3-6-13-7-8-16(14(13)9-11,15(18)19-2)17-10-12-4-5-12/h3,6,9,12,17H,4-5,7-8,10H2,1-2H3. The van der Waals surface area contributed by atoms with Crippen molar-refractivity contribution in [3.8, 4) is 0 Å². The van der Waals surface area contributed by atoms with Crippen LogP contribution in [-0.2, 0) is 21.5 Å². The first kappa shape index (κ1) is 12.7. The van der Waals surface area contributed by atoms with Crippen LogP contribution in [0, 0.1) is 12.8 Å². The normalized spacial score (nSPS) is 25.2. The molecule has 0 bridgehead atoms. The molecule has 0 aliphatic heterocycles. The second kappa shape index (κ2) is 4.64. The number of carbonyl (C=O) groups excluding carboxylic acids is 1. The number of benzene rings is 1. The number of rotatable bonds is 4. The highest BCUT2D eigenvalue weighted by atomic mass is 16.5. The number of carbonyl (C=O) groups is 1. The van der Waals surface area contributed by atoms with Gasteiger partial charge in [-0.1, -0.05) is 23.8 Å². The molecule has 0 spiro atoms. The minimum absolute atomic E-state index is 0.141. The van der Waals surface area contributed by atoms with E-state index in [4.69, 9.17) is 4.74 Å². The lowest BCUT2D eigenvalue weighted by atomic mass is 9.90. The van der Waals surface area contributed by atoms with Crippen LogP contribution in [0.25, 0.3) is 0 Å². The lowest BCUT2D eigenvalue weighted by Gasteiger charge is -2.29. The molecule has 102 valence electrons. The van der Waals surface area contributed by atoms with Crippen LogP contribution in [0.1, 0.15) is 36.0 Å². The van der Waals surface area contributed by atoms with Gasteiger partial charge in [-0.15, -0.1) is 0 Å². The lowest BCUT2D eigenvalue weighted by molar-refractivity contribution is -0.149. The molecule has 3 heteroatoms. The van der Waals surface area contributed by atoms with E-state index in [1.165, 1.54) is 31.1 Å². The van der Waals surface area contributed by atoms with Gasteiger partial charge in [-0.3, -0.25) is 5.32 Å². The van der Waals surface area contributed by atoms with E-state index in [0.29, 0.717) is 0 Å². The largest absolute Gasteiger partial charge is 0.467 e. The zero-order valence-electron chi connectivity index (χ0n) is 11.7. The Labute approximate surface area is 114 Å². The number of hydrogen-bond donors (Lipinski definition) is 1. The third kappa shape index (κ3) is 2.16. The molecule has 0 amide bonds. The Morgan fingerprint density at radius 1 is 1.47 bits per heavy atom. The quantitative estimate of drug-likeness (QED) is 0.843. The van der Waals surface area contributed by atoms with Crippen molar-refractivity contribution < 1.29 is 9.53 Å². The average Bonchev–Trinajstić information content (AvgIpc) is 3.18. The fraction of sp³-hybridized carbons (Fsp3) is 0.562. The minimum atomic E-state index is -0.612. The third-order valence-corrected chi connectivity index (χ3v) is 4.42. The summed E-state index contributed by atoms with van der Waals surface area (Å²) in [5.41, 5.74) is 2.99. The zero-order chi connectivity index (χ0) is 13.5.